The topological polar surface area (TPSA) is 89.2 Å². The van der Waals surface area contributed by atoms with Crippen molar-refractivity contribution >= 4 is 22.8 Å². The molecular formula is C11H8N2O3. The molecule has 0 aliphatic heterocycles. The summed E-state index contributed by atoms with van der Waals surface area (Å²) in [5.41, 5.74) is 6.56. The van der Waals surface area contributed by atoms with Crippen molar-refractivity contribution in [1.82, 2.24) is 0 Å². The highest BCUT2D eigenvalue weighted by Crippen LogP contribution is 2.27. The zero-order chi connectivity index (χ0) is 11.7. The lowest BCUT2D eigenvalue weighted by Crippen LogP contribution is -2.00. The second-order valence-electron chi connectivity index (χ2n) is 3.16. The summed E-state index contributed by atoms with van der Waals surface area (Å²) in [7, 11) is 1.30. The van der Waals surface area contributed by atoms with Gasteiger partial charge in [-0.1, -0.05) is 0 Å². The molecule has 0 radical (unpaired) electrons. The molecule has 80 valence electrons. The Morgan fingerprint density at radius 2 is 2.31 bits per heavy atom. The van der Waals surface area contributed by atoms with E-state index in [1.165, 1.54) is 13.2 Å². The third kappa shape index (κ3) is 1.37. The fourth-order valence-corrected chi connectivity index (χ4v) is 1.48. The number of methoxy groups -OCH3 is 1. The van der Waals surface area contributed by atoms with E-state index in [0.717, 1.165) is 0 Å². The summed E-state index contributed by atoms with van der Waals surface area (Å²) in [6, 6.07) is 6.61. The summed E-state index contributed by atoms with van der Waals surface area (Å²) in [6.45, 7) is 0. The van der Waals surface area contributed by atoms with Crippen molar-refractivity contribution in [2.45, 2.75) is 0 Å². The van der Waals surface area contributed by atoms with E-state index >= 15 is 0 Å². The summed E-state index contributed by atoms with van der Waals surface area (Å²) >= 11 is 0. The first-order valence-electron chi connectivity index (χ1n) is 4.48. The average Bonchev–Trinajstić information content (AvgIpc) is 2.62. The molecule has 0 bridgehead atoms. The van der Waals surface area contributed by atoms with Crippen molar-refractivity contribution in [2.75, 3.05) is 12.8 Å². The molecular weight excluding hydrogens is 208 g/mol. The minimum Gasteiger partial charge on any atom is -0.465 e. The Morgan fingerprint density at radius 1 is 1.56 bits per heavy atom. The number of benzene rings is 1. The predicted molar refractivity (Wildman–Crippen MR) is 56.7 cm³/mol. The van der Waals surface area contributed by atoms with Crippen LogP contribution < -0.4 is 5.73 Å². The van der Waals surface area contributed by atoms with E-state index in [1.54, 1.807) is 12.1 Å². The maximum atomic E-state index is 11.3. The maximum Gasteiger partial charge on any atom is 0.337 e. The number of carbonyl (C=O) groups excluding carboxylic acids is 1. The highest BCUT2D eigenvalue weighted by atomic mass is 16.5. The minimum atomic E-state index is -0.463. The fourth-order valence-electron chi connectivity index (χ4n) is 1.48. The molecule has 16 heavy (non-hydrogen) atoms. The van der Waals surface area contributed by atoms with Gasteiger partial charge in [-0.05, 0) is 18.2 Å². The Bertz CT molecular complexity index is 607. The predicted octanol–water partition coefficient (Wildman–Crippen LogP) is 1.67. The van der Waals surface area contributed by atoms with E-state index in [9.17, 15) is 4.79 Å². The van der Waals surface area contributed by atoms with Crippen LogP contribution in [0.5, 0.6) is 0 Å². The van der Waals surface area contributed by atoms with Crippen molar-refractivity contribution in [2.24, 2.45) is 0 Å². The number of ether oxygens (including phenoxy) is 1. The second kappa shape index (κ2) is 3.59. The van der Waals surface area contributed by atoms with Crippen LogP contribution in [0.1, 0.15) is 15.9 Å². The van der Waals surface area contributed by atoms with Gasteiger partial charge >= 0.3 is 5.97 Å². The molecule has 0 atom stereocenters. The zero-order valence-corrected chi connectivity index (χ0v) is 8.48. The van der Waals surface area contributed by atoms with Gasteiger partial charge in [0.15, 0.2) is 0 Å². The molecule has 1 aromatic heterocycles. The number of rotatable bonds is 1. The van der Waals surface area contributed by atoms with Gasteiger partial charge in [0, 0.05) is 5.39 Å². The molecule has 2 rings (SSSR count). The molecule has 0 spiro atoms. The van der Waals surface area contributed by atoms with Crippen LogP contribution in [0.15, 0.2) is 22.6 Å². The quantitative estimate of drug-likeness (QED) is 0.732. The van der Waals surface area contributed by atoms with Gasteiger partial charge in [-0.25, -0.2) is 4.79 Å². The van der Waals surface area contributed by atoms with Crippen molar-refractivity contribution in [3.8, 4) is 6.07 Å². The number of hydrogen-bond acceptors (Lipinski definition) is 5. The maximum absolute atomic E-state index is 11.3. The number of nitrogens with two attached hydrogens (primary N) is 1. The third-order valence-electron chi connectivity index (χ3n) is 2.25. The first-order chi connectivity index (χ1) is 7.67. The van der Waals surface area contributed by atoms with Gasteiger partial charge in [0.1, 0.15) is 17.2 Å². The number of nitrogen functional groups attached to an aromatic ring is 1. The molecule has 5 nitrogen and oxygen atoms in total. The van der Waals surface area contributed by atoms with Gasteiger partial charge in [0.05, 0.1) is 12.7 Å². The van der Waals surface area contributed by atoms with Crippen molar-refractivity contribution in [1.29, 1.82) is 5.26 Å². The fraction of sp³-hybridized carbons (Fsp3) is 0.0909. The van der Waals surface area contributed by atoms with Crippen LogP contribution in [0, 0.1) is 11.3 Å². The van der Waals surface area contributed by atoms with E-state index in [0.29, 0.717) is 16.5 Å². The molecule has 1 aromatic carbocycles. The molecule has 0 amide bonds. The Labute approximate surface area is 91.0 Å². The summed E-state index contributed by atoms with van der Waals surface area (Å²) in [4.78, 5) is 11.3. The molecule has 0 saturated heterocycles. The molecule has 0 unspecified atom stereocenters. The van der Waals surface area contributed by atoms with Crippen LogP contribution >= 0.6 is 0 Å². The molecule has 0 aliphatic rings. The lowest BCUT2D eigenvalue weighted by molar-refractivity contribution is 0.0601. The van der Waals surface area contributed by atoms with Gasteiger partial charge in [0.2, 0.25) is 5.88 Å². The van der Waals surface area contributed by atoms with Crippen molar-refractivity contribution in [3.05, 3.63) is 29.3 Å². The molecule has 2 aromatic rings. The van der Waals surface area contributed by atoms with E-state index in [4.69, 9.17) is 15.4 Å². The number of hydrogen-bond donors (Lipinski definition) is 1. The smallest absolute Gasteiger partial charge is 0.337 e. The highest BCUT2D eigenvalue weighted by molar-refractivity contribution is 5.96. The second-order valence-corrected chi connectivity index (χ2v) is 3.16. The summed E-state index contributed by atoms with van der Waals surface area (Å²) < 4.78 is 9.74. The summed E-state index contributed by atoms with van der Waals surface area (Å²) in [6.07, 6.45) is 0. The van der Waals surface area contributed by atoms with Gasteiger partial charge in [-0.2, -0.15) is 5.26 Å². The average molecular weight is 216 g/mol. The van der Waals surface area contributed by atoms with E-state index < -0.39 is 5.97 Å². The number of carbonyl (C=O) groups is 1. The lowest BCUT2D eigenvalue weighted by atomic mass is 10.1. The van der Waals surface area contributed by atoms with E-state index in [1.807, 2.05) is 6.07 Å². The van der Waals surface area contributed by atoms with Crippen LogP contribution in [-0.2, 0) is 4.74 Å². The summed E-state index contributed by atoms with van der Waals surface area (Å²) in [5.74, 6) is -0.408. The monoisotopic (exact) mass is 216 g/mol. The zero-order valence-electron chi connectivity index (χ0n) is 8.48. The number of nitriles is 1. The Kier molecular flexibility index (Phi) is 2.25. The van der Waals surface area contributed by atoms with Crippen molar-refractivity contribution < 1.29 is 13.9 Å². The van der Waals surface area contributed by atoms with Crippen molar-refractivity contribution in [3.63, 3.8) is 0 Å². The number of furan rings is 1. The normalized spacial score (nSPS) is 10.0. The van der Waals surface area contributed by atoms with Crippen LogP contribution in [0.4, 0.5) is 5.88 Å². The molecule has 1 heterocycles. The Morgan fingerprint density at radius 3 is 2.94 bits per heavy atom. The molecule has 0 fully saturated rings. The largest absolute Gasteiger partial charge is 0.465 e. The van der Waals surface area contributed by atoms with Crippen LogP contribution in [0.3, 0.4) is 0 Å². The summed E-state index contributed by atoms with van der Waals surface area (Å²) in [5, 5.41) is 9.44. The molecule has 2 N–H and O–H groups in total. The number of nitrogens with zero attached hydrogens (tertiary/aromatic N) is 1. The van der Waals surface area contributed by atoms with Gasteiger partial charge < -0.3 is 14.9 Å². The lowest BCUT2D eigenvalue weighted by Gasteiger charge is -1.97. The van der Waals surface area contributed by atoms with E-state index in [2.05, 4.69) is 4.74 Å². The van der Waals surface area contributed by atoms with Crippen LogP contribution in [0.2, 0.25) is 0 Å². The minimum absolute atomic E-state index is 0.0551. The van der Waals surface area contributed by atoms with Crippen LogP contribution in [-0.4, -0.2) is 13.1 Å². The molecule has 0 saturated carbocycles. The molecule has 5 heteroatoms. The standard InChI is InChI=1S/C11H8N2O3/c1-15-11(14)6-2-3-7-8(5-12)10(13)16-9(7)4-6/h2-4H,13H2,1H3. The molecule has 0 aliphatic carbocycles. The van der Waals surface area contributed by atoms with Crippen LogP contribution in [0.25, 0.3) is 11.0 Å². The van der Waals surface area contributed by atoms with E-state index in [-0.39, 0.29) is 11.4 Å². The van der Waals surface area contributed by atoms with Gasteiger partial charge in [-0.15, -0.1) is 0 Å². The number of fused-ring (bicyclic) bond motifs is 1. The first-order valence-corrected chi connectivity index (χ1v) is 4.48. The third-order valence-corrected chi connectivity index (χ3v) is 2.25. The Balaban J connectivity index is 2.66. The highest BCUT2D eigenvalue weighted by Gasteiger charge is 2.14. The number of anilines is 1. The SMILES string of the molecule is COC(=O)c1ccc2c(C#N)c(N)oc2c1. The van der Waals surface area contributed by atoms with Gasteiger partial charge in [0.25, 0.3) is 0 Å². The number of esters is 1. The Hall–Kier alpha value is -2.48. The first kappa shape index (κ1) is 10.1. The van der Waals surface area contributed by atoms with Gasteiger partial charge in [-0.3, -0.25) is 0 Å².